The monoisotopic (exact) mass is 440 g/mol. The number of nitrogens with one attached hydrogen (secondary N) is 1. The zero-order valence-electron chi connectivity index (χ0n) is 16.4. The summed E-state index contributed by atoms with van der Waals surface area (Å²) in [4.78, 5) is 29.2. The second kappa shape index (κ2) is 8.07. The molecule has 0 unspecified atom stereocenters. The summed E-state index contributed by atoms with van der Waals surface area (Å²) in [5.41, 5.74) is 6.13. The van der Waals surface area contributed by atoms with Crippen LogP contribution in [0.4, 0.5) is 29.3 Å². The van der Waals surface area contributed by atoms with Gasteiger partial charge in [-0.2, -0.15) is 5.10 Å². The van der Waals surface area contributed by atoms with E-state index in [2.05, 4.69) is 15.3 Å². The minimum absolute atomic E-state index is 0.000892. The zero-order chi connectivity index (χ0) is 23.0. The normalized spacial score (nSPS) is 12.8. The number of carbonyl (C=O) groups is 2. The third-order valence-corrected chi connectivity index (χ3v) is 5.03. The molecule has 0 spiro atoms. The van der Waals surface area contributed by atoms with Crippen LogP contribution in [-0.4, -0.2) is 33.2 Å². The van der Waals surface area contributed by atoms with E-state index in [1.54, 1.807) is 0 Å². The Morgan fingerprint density at radius 1 is 1.06 bits per heavy atom. The molecule has 32 heavy (non-hydrogen) atoms. The van der Waals surface area contributed by atoms with E-state index < -0.39 is 29.4 Å². The first-order chi connectivity index (χ1) is 15.3. The quantitative estimate of drug-likeness (QED) is 0.608. The molecule has 0 fully saturated rings. The zero-order valence-corrected chi connectivity index (χ0v) is 16.4. The summed E-state index contributed by atoms with van der Waals surface area (Å²) < 4.78 is 42.3. The number of nitrogens with zero attached hydrogens (tertiary/aromatic N) is 4. The van der Waals surface area contributed by atoms with Crippen LogP contribution in [0, 0.1) is 24.0 Å². The van der Waals surface area contributed by atoms with Gasteiger partial charge in [-0.25, -0.2) is 22.8 Å². The lowest BCUT2D eigenvalue weighted by atomic mass is 10.0. The van der Waals surface area contributed by atoms with Crippen molar-refractivity contribution in [2.24, 2.45) is 5.73 Å². The molecule has 0 saturated carbocycles. The average molecular weight is 440 g/mol. The predicted octanol–water partition coefficient (Wildman–Crippen LogP) is 3.66. The van der Waals surface area contributed by atoms with Gasteiger partial charge in [0.2, 0.25) is 5.69 Å². The van der Waals surface area contributed by atoms with Crippen LogP contribution >= 0.6 is 0 Å². The molecule has 0 saturated heterocycles. The minimum atomic E-state index is -1.10. The second-order valence-corrected chi connectivity index (χ2v) is 7.02. The summed E-state index contributed by atoms with van der Waals surface area (Å²) in [5, 5.41) is 6.85. The first kappa shape index (κ1) is 20.9. The van der Waals surface area contributed by atoms with Crippen LogP contribution in [0.3, 0.4) is 0 Å². The lowest BCUT2D eigenvalue weighted by molar-refractivity contribution is 0.0997. The molecule has 1 aliphatic heterocycles. The standard InChI is InChI=1S/C21H15F3N6O2/c1-26-16-5-3-12(9-15(16)24)27-21(32)29-6-7-30-17(10-29)18(20(25)31)19(28-30)11-2-4-13(22)14(23)8-11/h2-5,8-9H,6-7,10H2,(H2,25,31)(H,27,32). The van der Waals surface area contributed by atoms with Crippen LogP contribution in [-0.2, 0) is 13.1 Å². The molecule has 4 rings (SSSR count). The molecule has 3 N–H and O–H groups in total. The number of urea groups is 1. The Labute approximate surface area is 179 Å². The number of benzene rings is 2. The molecular formula is C21H15F3N6O2. The fourth-order valence-corrected chi connectivity index (χ4v) is 3.47. The van der Waals surface area contributed by atoms with E-state index in [0.29, 0.717) is 5.69 Å². The molecule has 162 valence electrons. The molecule has 0 bridgehead atoms. The summed E-state index contributed by atoms with van der Waals surface area (Å²) in [6, 6.07) is 6.26. The van der Waals surface area contributed by atoms with Gasteiger partial charge < -0.3 is 16.0 Å². The largest absolute Gasteiger partial charge is 0.365 e. The first-order valence-electron chi connectivity index (χ1n) is 9.36. The van der Waals surface area contributed by atoms with Crippen LogP contribution in [0.25, 0.3) is 16.1 Å². The summed E-state index contributed by atoms with van der Waals surface area (Å²) >= 11 is 0. The van der Waals surface area contributed by atoms with Gasteiger partial charge in [0, 0.05) is 17.8 Å². The maximum absolute atomic E-state index is 13.8. The lowest BCUT2D eigenvalue weighted by Gasteiger charge is -2.28. The molecule has 0 atom stereocenters. The Bertz CT molecular complexity index is 1300. The van der Waals surface area contributed by atoms with Crippen molar-refractivity contribution >= 4 is 23.3 Å². The number of carbonyl (C=O) groups excluding carboxylic acids is 2. The van der Waals surface area contributed by atoms with E-state index in [1.165, 1.54) is 27.8 Å². The van der Waals surface area contributed by atoms with Gasteiger partial charge in [0.15, 0.2) is 11.6 Å². The van der Waals surface area contributed by atoms with Crippen LogP contribution < -0.4 is 11.1 Å². The number of fused-ring (bicyclic) bond motifs is 1. The molecule has 1 aliphatic rings. The Hall–Kier alpha value is -4.33. The van der Waals surface area contributed by atoms with Gasteiger partial charge >= 0.3 is 6.03 Å². The van der Waals surface area contributed by atoms with Crippen molar-refractivity contribution in [3.63, 3.8) is 0 Å². The van der Waals surface area contributed by atoms with E-state index in [9.17, 15) is 22.8 Å². The topological polar surface area (TPSA) is 97.6 Å². The number of hydrogen-bond donors (Lipinski definition) is 2. The fourth-order valence-electron chi connectivity index (χ4n) is 3.47. The van der Waals surface area contributed by atoms with Crippen molar-refractivity contribution < 1.29 is 22.8 Å². The summed E-state index contributed by atoms with van der Waals surface area (Å²) in [5.74, 6) is -3.73. The van der Waals surface area contributed by atoms with Crippen molar-refractivity contribution in [3.8, 4) is 11.3 Å². The van der Waals surface area contributed by atoms with Gasteiger partial charge in [-0.1, -0.05) is 6.07 Å². The Balaban J connectivity index is 1.61. The Morgan fingerprint density at radius 2 is 1.84 bits per heavy atom. The minimum Gasteiger partial charge on any atom is -0.365 e. The fraction of sp³-hybridized carbons (Fsp3) is 0.143. The third kappa shape index (κ3) is 3.74. The van der Waals surface area contributed by atoms with E-state index >= 15 is 0 Å². The number of rotatable bonds is 3. The van der Waals surface area contributed by atoms with Crippen molar-refractivity contribution in [1.29, 1.82) is 0 Å². The van der Waals surface area contributed by atoms with E-state index in [0.717, 1.165) is 18.2 Å². The van der Waals surface area contributed by atoms with Gasteiger partial charge in [0.25, 0.3) is 5.91 Å². The maximum Gasteiger partial charge on any atom is 0.322 e. The number of nitrogens with two attached hydrogens (primary N) is 1. The van der Waals surface area contributed by atoms with Gasteiger partial charge in [-0.15, -0.1) is 0 Å². The highest BCUT2D eigenvalue weighted by molar-refractivity contribution is 6.00. The van der Waals surface area contributed by atoms with Crippen molar-refractivity contribution in [1.82, 2.24) is 14.7 Å². The number of anilines is 1. The summed E-state index contributed by atoms with van der Waals surface area (Å²) in [6.45, 7) is 7.27. The van der Waals surface area contributed by atoms with Gasteiger partial charge in [0.05, 0.1) is 30.9 Å². The smallest absolute Gasteiger partial charge is 0.322 e. The second-order valence-electron chi connectivity index (χ2n) is 7.02. The highest BCUT2D eigenvalue weighted by atomic mass is 19.2. The van der Waals surface area contributed by atoms with Gasteiger partial charge in [0.1, 0.15) is 11.5 Å². The van der Waals surface area contributed by atoms with Crippen LogP contribution in [0.2, 0.25) is 0 Å². The van der Waals surface area contributed by atoms with E-state index in [-0.39, 0.29) is 47.8 Å². The lowest BCUT2D eigenvalue weighted by Crippen LogP contribution is -2.41. The Kier molecular flexibility index (Phi) is 5.28. The van der Waals surface area contributed by atoms with Crippen LogP contribution in [0.1, 0.15) is 16.1 Å². The predicted molar refractivity (Wildman–Crippen MR) is 108 cm³/mol. The van der Waals surface area contributed by atoms with Gasteiger partial charge in [-0.05, 0) is 30.3 Å². The molecule has 2 heterocycles. The highest BCUT2D eigenvalue weighted by Crippen LogP contribution is 2.29. The van der Waals surface area contributed by atoms with Crippen LogP contribution in [0.15, 0.2) is 36.4 Å². The molecule has 0 aliphatic carbocycles. The summed E-state index contributed by atoms with van der Waals surface area (Å²) in [7, 11) is 0. The summed E-state index contributed by atoms with van der Waals surface area (Å²) in [6.07, 6.45) is 0. The third-order valence-electron chi connectivity index (χ3n) is 5.03. The average Bonchev–Trinajstić information content (AvgIpc) is 3.14. The maximum atomic E-state index is 13.8. The van der Waals surface area contributed by atoms with E-state index in [4.69, 9.17) is 12.3 Å². The highest BCUT2D eigenvalue weighted by Gasteiger charge is 2.30. The number of primary amides is 1. The molecule has 1 aromatic heterocycles. The number of aromatic nitrogens is 2. The molecule has 3 amide bonds. The molecular weight excluding hydrogens is 425 g/mol. The van der Waals surface area contributed by atoms with Gasteiger partial charge in [-0.3, -0.25) is 9.48 Å². The SMILES string of the molecule is [C-]#[N+]c1ccc(NC(=O)N2CCn3nc(-c4ccc(F)c(F)c4)c(C(N)=O)c3C2)cc1F. The Morgan fingerprint density at radius 3 is 2.50 bits per heavy atom. The van der Waals surface area contributed by atoms with Crippen molar-refractivity contribution in [2.75, 3.05) is 11.9 Å². The molecule has 2 aromatic carbocycles. The molecule has 11 heteroatoms. The first-order valence-corrected chi connectivity index (χ1v) is 9.36. The number of halogens is 3. The van der Waals surface area contributed by atoms with Crippen molar-refractivity contribution in [3.05, 3.63) is 76.5 Å². The molecule has 0 radical (unpaired) electrons. The van der Waals surface area contributed by atoms with Crippen LogP contribution in [0.5, 0.6) is 0 Å². The van der Waals surface area contributed by atoms with Crippen molar-refractivity contribution in [2.45, 2.75) is 13.1 Å². The van der Waals surface area contributed by atoms with E-state index in [1.807, 2.05) is 0 Å². The molecule has 3 aromatic rings. The number of amides is 3. The number of hydrogen-bond acceptors (Lipinski definition) is 3. The molecule has 8 nitrogen and oxygen atoms in total.